The Bertz CT molecular complexity index is 616. The molecule has 0 spiro atoms. The molecule has 0 radical (unpaired) electrons. The van der Waals surface area contributed by atoms with E-state index < -0.39 is 22.2 Å². The zero-order valence-electron chi connectivity index (χ0n) is 13.7. The van der Waals surface area contributed by atoms with Crippen molar-refractivity contribution in [3.8, 4) is 5.75 Å². The molecule has 21 heavy (non-hydrogen) atoms. The molecule has 0 bridgehead atoms. The number of para-hydroxylation sites is 1. The van der Waals surface area contributed by atoms with Crippen LogP contribution in [0.3, 0.4) is 0 Å². The van der Waals surface area contributed by atoms with E-state index in [9.17, 15) is 0 Å². The Morgan fingerprint density at radius 3 is 2.48 bits per heavy atom. The molecule has 3 rings (SSSR count). The second-order valence-corrected chi connectivity index (χ2v) is 16.6. The Labute approximate surface area is 129 Å². The quantitative estimate of drug-likeness (QED) is 0.775. The number of fused-ring (bicyclic) bond motifs is 3. The zero-order chi connectivity index (χ0) is 15.5. The summed E-state index contributed by atoms with van der Waals surface area (Å²) in [6.07, 6.45) is 0. The fourth-order valence-corrected chi connectivity index (χ4v) is 14.5. The normalized spacial score (nSPS) is 27.1. The van der Waals surface area contributed by atoms with Gasteiger partial charge in [-0.1, -0.05) is 42.7 Å². The van der Waals surface area contributed by atoms with Crippen molar-refractivity contribution in [1.82, 2.24) is 0 Å². The minimum Gasteiger partial charge on any atom is -0.487 e. The number of hydrogen-bond donors (Lipinski definition) is 0. The van der Waals surface area contributed by atoms with Crippen LogP contribution in [0.5, 0.6) is 5.75 Å². The SMILES string of the molecule is COC12COc3ccccc3C1=C([Si](C)(C)C)[Si](C)(C)O2. The number of hydrogen-bond acceptors (Lipinski definition) is 3. The number of ether oxygens (including phenoxy) is 2. The van der Waals surface area contributed by atoms with Crippen LogP contribution < -0.4 is 4.74 Å². The molecule has 3 nitrogen and oxygen atoms in total. The van der Waals surface area contributed by atoms with E-state index in [1.54, 1.807) is 11.9 Å². The first kappa shape index (κ1) is 15.0. The van der Waals surface area contributed by atoms with Crippen molar-refractivity contribution in [2.24, 2.45) is 0 Å². The van der Waals surface area contributed by atoms with Crippen molar-refractivity contribution in [2.75, 3.05) is 13.7 Å². The number of rotatable bonds is 2. The van der Waals surface area contributed by atoms with Gasteiger partial charge in [-0.05, 0) is 19.2 Å². The molecule has 2 aliphatic heterocycles. The van der Waals surface area contributed by atoms with Gasteiger partial charge in [0.15, 0.2) is 0 Å². The third-order valence-corrected chi connectivity index (χ3v) is 12.4. The van der Waals surface area contributed by atoms with Crippen molar-refractivity contribution >= 4 is 22.0 Å². The lowest BCUT2D eigenvalue weighted by Crippen LogP contribution is -2.47. The third kappa shape index (κ3) is 2.14. The van der Waals surface area contributed by atoms with Gasteiger partial charge in [0.2, 0.25) is 14.1 Å². The van der Waals surface area contributed by atoms with Gasteiger partial charge in [-0.3, -0.25) is 0 Å². The van der Waals surface area contributed by atoms with E-state index in [1.807, 2.05) is 12.1 Å². The van der Waals surface area contributed by atoms with Gasteiger partial charge in [0, 0.05) is 18.2 Å². The summed E-state index contributed by atoms with van der Waals surface area (Å²) < 4.78 is 18.3. The number of methoxy groups -OCH3 is 1. The van der Waals surface area contributed by atoms with Crippen LogP contribution in [-0.2, 0) is 9.16 Å². The molecule has 5 heteroatoms. The van der Waals surface area contributed by atoms with Crippen LogP contribution in [0.25, 0.3) is 5.57 Å². The standard InChI is InChI=1S/C16H24O3Si2/c1-17-16-11-18-13-10-8-7-9-12(13)14(16)15(20(2,3)4)21(5,6)19-16/h7-10H,11H2,1-6H3. The third-order valence-electron chi connectivity index (χ3n) is 4.31. The van der Waals surface area contributed by atoms with Gasteiger partial charge in [-0.2, -0.15) is 0 Å². The first-order valence-corrected chi connectivity index (χ1v) is 13.9. The lowest BCUT2D eigenvalue weighted by molar-refractivity contribution is -0.141. The van der Waals surface area contributed by atoms with Crippen molar-refractivity contribution in [3.05, 3.63) is 34.6 Å². The minimum atomic E-state index is -1.96. The minimum absolute atomic E-state index is 0.445. The molecule has 0 fully saturated rings. The highest BCUT2D eigenvalue weighted by molar-refractivity contribution is 7.04. The van der Waals surface area contributed by atoms with Crippen LogP contribution in [0.2, 0.25) is 32.7 Å². The fourth-order valence-electron chi connectivity index (χ4n) is 3.90. The maximum atomic E-state index is 6.54. The van der Waals surface area contributed by atoms with Gasteiger partial charge in [0.05, 0.1) is 8.07 Å². The van der Waals surface area contributed by atoms with Gasteiger partial charge in [0.25, 0.3) is 0 Å². The average Bonchev–Trinajstić information content (AvgIpc) is 2.66. The summed E-state index contributed by atoms with van der Waals surface area (Å²) >= 11 is 0. The Kier molecular flexibility index (Phi) is 3.26. The first-order valence-electron chi connectivity index (χ1n) is 7.44. The molecule has 1 atom stereocenters. The molecule has 0 amide bonds. The lowest BCUT2D eigenvalue weighted by Gasteiger charge is -2.37. The molecule has 1 unspecified atom stereocenters. The van der Waals surface area contributed by atoms with Gasteiger partial charge >= 0.3 is 0 Å². The molecule has 2 heterocycles. The van der Waals surface area contributed by atoms with Crippen LogP contribution >= 0.6 is 0 Å². The highest BCUT2D eigenvalue weighted by Gasteiger charge is 2.58. The highest BCUT2D eigenvalue weighted by Crippen LogP contribution is 2.53. The summed E-state index contributed by atoms with van der Waals surface area (Å²) in [4.78, 5) is 1.56. The Hall–Kier alpha value is -0.886. The summed E-state index contributed by atoms with van der Waals surface area (Å²) in [5.74, 6) is 0.242. The van der Waals surface area contributed by atoms with Gasteiger partial charge in [-0.15, -0.1) is 0 Å². The lowest BCUT2D eigenvalue weighted by atomic mass is 9.96. The molecule has 0 aromatic heterocycles. The van der Waals surface area contributed by atoms with Crippen molar-refractivity contribution < 1.29 is 13.9 Å². The maximum Gasteiger partial charge on any atom is 0.221 e. The van der Waals surface area contributed by atoms with E-state index >= 15 is 0 Å². The second-order valence-electron chi connectivity index (χ2n) is 7.35. The van der Waals surface area contributed by atoms with E-state index in [2.05, 4.69) is 44.9 Å². The molecule has 0 saturated carbocycles. The average molecular weight is 321 g/mol. The fraction of sp³-hybridized carbons (Fsp3) is 0.500. The van der Waals surface area contributed by atoms with Gasteiger partial charge in [-0.25, -0.2) is 0 Å². The zero-order valence-corrected chi connectivity index (χ0v) is 15.7. The van der Waals surface area contributed by atoms with E-state index in [-0.39, 0.29) is 0 Å². The van der Waals surface area contributed by atoms with E-state index in [0.29, 0.717) is 6.61 Å². The van der Waals surface area contributed by atoms with E-state index in [4.69, 9.17) is 13.9 Å². The Morgan fingerprint density at radius 1 is 1.19 bits per heavy atom. The summed E-state index contributed by atoms with van der Waals surface area (Å²) in [5, 5.41) is 0. The maximum absolute atomic E-state index is 6.54. The van der Waals surface area contributed by atoms with Gasteiger partial charge in [0.1, 0.15) is 12.4 Å². The van der Waals surface area contributed by atoms with Crippen molar-refractivity contribution in [2.45, 2.75) is 38.5 Å². The smallest absolute Gasteiger partial charge is 0.221 e. The summed E-state index contributed by atoms with van der Waals surface area (Å²) in [5.41, 5.74) is 2.42. The predicted molar refractivity (Wildman–Crippen MR) is 90.5 cm³/mol. The monoisotopic (exact) mass is 320 g/mol. The Balaban J connectivity index is 2.35. The highest BCUT2D eigenvalue weighted by atomic mass is 28.4. The summed E-state index contributed by atoms with van der Waals surface area (Å²) in [6.45, 7) is 12.2. The van der Waals surface area contributed by atoms with Crippen LogP contribution in [0.4, 0.5) is 0 Å². The van der Waals surface area contributed by atoms with Crippen LogP contribution in [0.15, 0.2) is 29.1 Å². The van der Waals surface area contributed by atoms with Gasteiger partial charge < -0.3 is 13.9 Å². The van der Waals surface area contributed by atoms with Crippen LogP contribution in [0, 0.1) is 0 Å². The number of benzene rings is 1. The topological polar surface area (TPSA) is 27.7 Å². The first-order chi connectivity index (χ1) is 9.71. The van der Waals surface area contributed by atoms with Crippen LogP contribution in [-0.4, -0.2) is 35.9 Å². The molecule has 114 valence electrons. The van der Waals surface area contributed by atoms with E-state index in [0.717, 1.165) is 11.3 Å². The largest absolute Gasteiger partial charge is 0.487 e. The summed E-state index contributed by atoms with van der Waals surface area (Å²) in [7, 11) is -1.75. The van der Waals surface area contributed by atoms with Crippen LogP contribution in [0.1, 0.15) is 5.56 Å². The second kappa shape index (κ2) is 4.55. The predicted octanol–water partition coefficient (Wildman–Crippen LogP) is 3.83. The van der Waals surface area contributed by atoms with E-state index in [1.165, 1.54) is 5.57 Å². The Morgan fingerprint density at radius 2 is 1.86 bits per heavy atom. The van der Waals surface area contributed by atoms with Crippen molar-refractivity contribution in [1.29, 1.82) is 0 Å². The molecule has 2 aliphatic rings. The molecular weight excluding hydrogens is 296 g/mol. The molecule has 0 aliphatic carbocycles. The molecule has 0 N–H and O–H groups in total. The molecular formula is C16H24O3Si2. The molecule has 1 aromatic carbocycles. The molecule has 1 aromatic rings. The summed E-state index contributed by atoms with van der Waals surface area (Å²) in [6, 6.07) is 8.26. The van der Waals surface area contributed by atoms with Crippen molar-refractivity contribution in [3.63, 3.8) is 0 Å². The molecule has 0 saturated heterocycles.